The molecule has 2 nitrogen and oxygen atoms in total. The first-order valence-corrected chi connectivity index (χ1v) is 9.06. The molecule has 0 aliphatic heterocycles. The first-order chi connectivity index (χ1) is 10.2. The Hall–Kier alpha value is -0.380. The summed E-state index contributed by atoms with van der Waals surface area (Å²) in [6, 6.07) is 9.22. The van der Waals surface area contributed by atoms with Gasteiger partial charge in [0.2, 0.25) is 0 Å². The van der Waals surface area contributed by atoms with Crippen molar-refractivity contribution in [3.63, 3.8) is 0 Å². The molecule has 2 saturated carbocycles. The minimum atomic E-state index is 0.0530. The van der Waals surface area contributed by atoms with E-state index in [2.05, 4.69) is 52.4 Å². The Labute approximate surface area is 136 Å². The predicted octanol–water partition coefficient (Wildman–Crippen LogP) is 4.67. The maximum Gasteiger partial charge on any atom is 0.0811 e. The standard InChI is InChI=1S/C18H26BrNO/c1-14-7-9-18(10-8-14,13-20-17-5-6-17)21-12-15-3-2-4-16(19)11-15/h2-4,11,14,17,20H,5-10,12-13H2,1H3. The van der Waals surface area contributed by atoms with Crippen LogP contribution in [0.15, 0.2) is 28.7 Å². The van der Waals surface area contributed by atoms with E-state index in [1.807, 2.05) is 0 Å². The molecule has 0 unspecified atom stereocenters. The molecule has 0 bridgehead atoms. The van der Waals surface area contributed by atoms with Crippen molar-refractivity contribution in [3.8, 4) is 0 Å². The van der Waals surface area contributed by atoms with Crippen molar-refractivity contribution in [3.05, 3.63) is 34.3 Å². The van der Waals surface area contributed by atoms with E-state index in [4.69, 9.17) is 4.74 Å². The molecule has 3 rings (SSSR count). The van der Waals surface area contributed by atoms with Crippen molar-refractivity contribution >= 4 is 15.9 Å². The van der Waals surface area contributed by atoms with Crippen molar-refractivity contribution in [1.29, 1.82) is 0 Å². The Kier molecular flexibility index (Phi) is 5.03. The molecule has 2 fully saturated rings. The summed E-state index contributed by atoms with van der Waals surface area (Å²) < 4.78 is 7.59. The quantitative estimate of drug-likeness (QED) is 0.804. The normalized spacial score (nSPS) is 29.5. The van der Waals surface area contributed by atoms with E-state index in [0.717, 1.165) is 29.6 Å². The fourth-order valence-corrected chi connectivity index (χ4v) is 3.59. The van der Waals surface area contributed by atoms with Crippen LogP contribution >= 0.6 is 15.9 Å². The summed E-state index contributed by atoms with van der Waals surface area (Å²) in [6.45, 7) is 4.12. The van der Waals surface area contributed by atoms with Crippen LogP contribution in [0.5, 0.6) is 0 Å². The molecule has 0 atom stereocenters. The van der Waals surface area contributed by atoms with Crippen LogP contribution in [-0.2, 0) is 11.3 Å². The Balaban J connectivity index is 1.60. The van der Waals surface area contributed by atoms with Crippen LogP contribution < -0.4 is 5.32 Å². The fraction of sp³-hybridized carbons (Fsp3) is 0.667. The van der Waals surface area contributed by atoms with Gasteiger partial charge >= 0.3 is 0 Å². The van der Waals surface area contributed by atoms with Crippen molar-refractivity contribution in [1.82, 2.24) is 5.32 Å². The Morgan fingerprint density at radius 3 is 2.67 bits per heavy atom. The summed E-state index contributed by atoms with van der Waals surface area (Å²) >= 11 is 3.54. The van der Waals surface area contributed by atoms with Gasteiger partial charge in [0.25, 0.3) is 0 Å². The van der Waals surface area contributed by atoms with Gasteiger partial charge in [-0.1, -0.05) is 35.0 Å². The summed E-state index contributed by atoms with van der Waals surface area (Å²) in [5, 5.41) is 3.70. The van der Waals surface area contributed by atoms with Crippen LogP contribution in [-0.4, -0.2) is 18.2 Å². The molecule has 1 aromatic carbocycles. The van der Waals surface area contributed by atoms with Gasteiger partial charge in [0.05, 0.1) is 12.2 Å². The van der Waals surface area contributed by atoms with Crippen LogP contribution in [0, 0.1) is 5.92 Å². The van der Waals surface area contributed by atoms with Crippen molar-refractivity contribution in [2.45, 2.75) is 63.7 Å². The second-order valence-electron chi connectivity index (χ2n) is 6.94. The zero-order valence-corrected chi connectivity index (χ0v) is 14.5. The van der Waals surface area contributed by atoms with Crippen LogP contribution in [0.25, 0.3) is 0 Å². The number of nitrogens with one attached hydrogen (secondary N) is 1. The third-order valence-corrected chi connectivity index (χ3v) is 5.40. The summed E-state index contributed by atoms with van der Waals surface area (Å²) in [7, 11) is 0. The molecule has 3 heteroatoms. The smallest absolute Gasteiger partial charge is 0.0811 e. The summed E-state index contributed by atoms with van der Waals surface area (Å²) in [5.74, 6) is 0.855. The van der Waals surface area contributed by atoms with Gasteiger partial charge < -0.3 is 10.1 Å². The van der Waals surface area contributed by atoms with Gasteiger partial charge in [0, 0.05) is 17.1 Å². The summed E-state index contributed by atoms with van der Waals surface area (Å²) in [5.41, 5.74) is 1.31. The van der Waals surface area contributed by atoms with Crippen LogP contribution in [0.1, 0.15) is 51.0 Å². The van der Waals surface area contributed by atoms with Crippen molar-refractivity contribution < 1.29 is 4.74 Å². The van der Waals surface area contributed by atoms with E-state index in [-0.39, 0.29) is 5.60 Å². The molecule has 0 amide bonds. The van der Waals surface area contributed by atoms with Gasteiger partial charge in [-0.3, -0.25) is 0 Å². The molecule has 2 aliphatic rings. The highest BCUT2D eigenvalue weighted by Crippen LogP contribution is 2.36. The van der Waals surface area contributed by atoms with E-state index >= 15 is 0 Å². The minimum Gasteiger partial charge on any atom is -0.369 e. The largest absolute Gasteiger partial charge is 0.369 e. The lowest BCUT2D eigenvalue weighted by Crippen LogP contribution is -2.46. The predicted molar refractivity (Wildman–Crippen MR) is 90.3 cm³/mol. The monoisotopic (exact) mass is 351 g/mol. The van der Waals surface area contributed by atoms with E-state index in [1.165, 1.54) is 44.1 Å². The lowest BCUT2D eigenvalue weighted by atomic mass is 9.79. The molecule has 1 aromatic rings. The van der Waals surface area contributed by atoms with E-state index in [0.29, 0.717) is 0 Å². The van der Waals surface area contributed by atoms with E-state index < -0.39 is 0 Å². The second-order valence-corrected chi connectivity index (χ2v) is 7.85. The molecule has 1 N–H and O–H groups in total. The van der Waals surface area contributed by atoms with Gasteiger partial charge in [0.15, 0.2) is 0 Å². The van der Waals surface area contributed by atoms with Crippen molar-refractivity contribution in [2.24, 2.45) is 5.92 Å². The molecule has 21 heavy (non-hydrogen) atoms. The van der Waals surface area contributed by atoms with Gasteiger partial charge in [-0.2, -0.15) is 0 Å². The average molecular weight is 352 g/mol. The highest BCUT2D eigenvalue weighted by molar-refractivity contribution is 9.10. The fourth-order valence-electron chi connectivity index (χ4n) is 3.14. The number of ether oxygens (including phenoxy) is 1. The number of halogens is 1. The molecule has 0 aromatic heterocycles. The highest BCUT2D eigenvalue weighted by Gasteiger charge is 2.36. The maximum absolute atomic E-state index is 6.45. The van der Waals surface area contributed by atoms with Gasteiger partial charge in [-0.25, -0.2) is 0 Å². The maximum atomic E-state index is 6.45. The van der Waals surface area contributed by atoms with E-state index in [9.17, 15) is 0 Å². The minimum absolute atomic E-state index is 0.0530. The number of hydrogen-bond acceptors (Lipinski definition) is 2. The number of benzene rings is 1. The molecular formula is C18H26BrNO. The number of rotatable bonds is 6. The molecule has 2 aliphatic carbocycles. The topological polar surface area (TPSA) is 21.3 Å². The first kappa shape index (κ1) is 15.5. The zero-order chi connectivity index (χ0) is 14.7. The van der Waals surface area contributed by atoms with Crippen molar-refractivity contribution in [2.75, 3.05) is 6.54 Å². The van der Waals surface area contributed by atoms with Gasteiger partial charge in [-0.15, -0.1) is 0 Å². The zero-order valence-electron chi connectivity index (χ0n) is 12.9. The van der Waals surface area contributed by atoms with Crippen LogP contribution in [0.2, 0.25) is 0 Å². The average Bonchev–Trinajstić information content (AvgIpc) is 3.30. The molecule has 0 radical (unpaired) electrons. The second kappa shape index (κ2) is 6.80. The Morgan fingerprint density at radius 2 is 2.00 bits per heavy atom. The molecule has 0 spiro atoms. The van der Waals surface area contributed by atoms with Crippen LogP contribution in [0.3, 0.4) is 0 Å². The molecule has 116 valence electrons. The van der Waals surface area contributed by atoms with Crippen LogP contribution in [0.4, 0.5) is 0 Å². The summed E-state index contributed by atoms with van der Waals surface area (Å²) in [4.78, 5) is 0. The number of hydrogen-bond donors (Lipinski definition) is 1. The third-order valence-electron chi connectivity index (χ3n) is 4.91. The summed E-state index contributed by atoms with van der Waals surface area (Å²) in [6.07, 6.45) is 7.68. The Bertz CT molecular complexity index is 464. The molecular weight excluding hydrogens is 326 g/mol. The first-order valence-electron chi connectivity index (χ1n) is 8.27. The lowest BCUT2D eigenvalue weighted by Gasteiger charge is -2.39. The SMILES string of the molecule is CC1CCC(CNC2CC2)(OCc2cccc(Br)c2)CC1. The third kappa shape index (κ3) is 4.54. The molecule has 0 heterocycles. The Morgan fingerprint density at radius 1 is 1.24 bits per heavy atom. The highest BCUT2D eigenvalue weighted by atomic mass is 79.9. The van der Waals surface area contributed by atoms with E-state index in [1.54, 1.807) is 0 Å². The molecule has 0 saturated heterocycles. The van der Waals surface area contributed by atoms with Gasteiger partial charge in [-0.05, 0) is 62.1 Å². The lowest BCUT2D eigenvalue weighted by molar-refractivity contribution is -0.0851. The van der Waals surface area contributed by atoms with Gasteiger partial charge in [0.1, 0.15) is 0 Å².